The number of nitrogens with two attached hydrogens (primary N) is 1. The molecule has 8 heteroatoms. The van der Waals surface area contributed by atoms with E-state index in [0.717, 1.165) is 5.56 Å². The Balaban J connectivity index is 1.56. The van der Waals surface area contributed by atoms with Crippen LogP contribution < -0.4 is 10.5 Å². The number of carbonyl (C=O) groups excluding carboxylic acids is 3. The summed E-state index contributed by atoms with van der Waals surface area (Å²) >= 11 is 0. The van der Waals surface area contributed by atoms with Crippen LogP contribution in [-0.2, 0) is 11.4 Å². The summed E-state index contributed by atoms with van der Waals surface area (Å²) in [5, 5.41) is 0. The SMILES string of the molecule is CCN(CC)C(=O)CN1CCN(C(=O)c2cccc(COc3ccccc3C(N)=O)c2)CC1. The molecule has 33 heavy (non-hydrogen) atoms. The van der Waals surface area contributed by atoms with Crippen LogP contribution in [0.15, 0.2) is 48.5 Å². The monoisotopic (exact) mass is 452 g/mol. The van der Waals surface area contributed by atoms with E-state index in [-0.39, 0.29) is 18.4 Å². The highest BCUT2D eigenvalue weighted by Gasteiger charge is 2.24. The Kier molecular flexibility index (Phi) is 8.43. The zero-order chi connectivity index (χ0) is 23.8. The van der Waals surface area contributed by atoms with E-state index in [0.29, 0.717) is 62.7 Å². The average molecular weight is 453 g/mol. The summed E-state index contributed by atoms with van der Waals surface area (Å²) in [5.41, 5.74) is 7.14. The van der Waals surface area contributed by atoms with Gasteiger partial charge in [0.2, 0.25) is 5.91 Å². The molecular weight excluding hydrogens is 420 g/mol. The Morgan fingerprint density at radius 3 is 2.33 bits per heavy atom. The summed E-state index contributed by atoms with van der Waals surface area (Å²) in [4.78, 5) is 42.7. The minimum Gasteiger partial charge on any atom is -0.488 e. The van der Waals surface area contributed by atoms with Crippen molar-refractivity contribution in [1.29, 1.82) is 0 Å². The number of hydrogen-bond donors (Lipinski definition) is 1. The molecule has 0 saturated carbocycles. The van der Waals surface area contributed by atoms with Crippen molar-refractivity contribution in [1.82, 2.24) is 14.7 Å². The maximum atomic E-state index is 13.0. The lowest BCUT2D eigenvalue weighted by Gasteiger charge is -2.35. The lowest BCUT2D eigenvalue weighted by atomic mass is 10.1. The largest absolute Gasteiger partial charge is 0.488 e. The summed E-state index contributed by atoms with van der Waals surface area (Å²) in [5.74, 6) is -0.0425. The lowest BCUT2D eigenvalue weighted by Crippen LogP contribution is -2.51. The molecule has 2 aromatic rings. The fraction of sp³-hybridized carbons (Fsp3) is 0.400. The molecule has 0 unspecified atom stereocenters. The van der Waals surface area contributed by atoms with Gasteiger partial charge in [0.1, 0.15) is 12.4 Å². The Bertz CT molecular complexity index is 982. The van der Waals surface area contributed by atoms with Crippen LogP contribution in [0.4, 0.5) is 0 Å². The highest BCUT2D eigenvalue weighted by molar-refractivity contribution is 5.95. The van der Waals surface area contributed by atoms with Crippen LogP contribution >= 0.6 is 0 Å². The molecule has 1 heterocycles. The molecule has 3 amide bonds. The standard InChI is InChI=1S/C25H32N4O4/c1-3-28(4-2)23(30)17-27-12-14-29(15-13-27)25(32)20-9-7-8-19(16-20)18-33-22-11-6-5-10-21(22)24(26)31/h5-11,16H,3-4,12-15,17-18H2,1-2H3,(H2,26,31). The Morgan fingerprint density at radius 1 is 0.970 bits per heavy atom. The van der Waals surface area contributed by atoms with E-state index < -0.39 is 5.91 Å². The third-order valence-electron chi connectivity index (χ3n) is 5.86. The van der Waals surface area contributed by atoms with Crippen molar-refractivity contribution in [2.45, 2.75) is 20.5 Å². The highest BCUT2D eigenvalue weighted by atomic mass is 16.5. The van der Waals surface area contributed by atoms with Gasteiger partial charge in [-0.05, 0) is 43.7 Å². The number of likely N-dealkylation sites (N-methyl/N-ethyl adjacent to an activating group) is 1. The first kappa shape index (κ1) is 24.3. The summed E-state index contributed by atoms with van der Waals surface area (Å²) in [6.07, 6.45) is 0. The molecule has 2 aromatic carbocycles. The predicted octanol–water partition coefficient (Wildman–Crippen LogP) is 1.99. The third kappa shape index (κ3) is 6.32. The molecule has 0 atom stereocenters. The molecule has 2 N–H and O–H groups in total. The van der Waals surface area contributed by atoms with E-state index in [4.69, 9.17) is 10.5 Å². The highest BCUT2D eigenvalue weighted by Crippen LogP contribution is 2.19. The van der Waals surface area contributed by atoms with Crippen molar-refractivity contribution >= 4 is 17.7 Å². The molecule has 0 spiro atoms. The number of carbonyl (C=O) groups is 3. The molecule has 3 rings (SSSR count). The van der Waals surface area contributed by atoms with E-state index in [2.05, 4.69) is 4.90 Å². The maximum absolute atomic E-state index is 13.0. The number of para-hydroxylation sites is 1. The molecule has 1 aliphatic heterocycles. The van der Waals surface area contributed by atoms with Gasteiger partial charge in [-0.1, -0.05) is 24.3 Å². The smallest absolute Gasteiger partial charge is 0.253 e. The zero-order valence-electron chi connectivity index (χ0n) is 19.3. The zero-order valence-corrected chi connectivity index (χ0v) is 19.3. The maximum Gasteiger partial charge on any atom is 0.253 e. The molecule has 1 aliphatic rings. The summed E-state index contributed by atoms with van der Waals surface area (Å²) in [6, 6.07) is 14.1. The van der Waals surface area contributed by atoms with Gasteiger partial charge in [-0.2, -0.15) is 0 Å². The normalized spacial score (nSPS) is 14.1. The second-order valence-corrected chi connectivity index (χ2v) is 7.98. The minimum atomic E-state index is -0.549. The molecular formula is C25H32N4O4. The number of piperazine rings is 1. The number of nitrogens with zero attached hydrogens (tertiary/aromatic N) is 3. The van der Waals surface area contributed by atoms with Crippen LogP contribution in [-0.4, -0.2) is 78.2 Å². The van der Waals surface area contributed by atoms with Gasteiger partial charge >= 0.3 is 0 Å². The van der Waals surface area contributed by atoms with Gasteiger partial charge in [-0.15, -0.1) is 0 Å². The van der Waals surface area contributed by atoms with Crippen LogP contribution in [0.2, 0.25) is 0 Å². The predicted molar refractivity (Wildman–Crippen MR) is 126 cm³/mol. The van der Waals surface area contributed by atoms with E-state index in [1.54, 1.807) is 30.3 Å². The quantitative estimate of drug-likeness (QED) is 0.628. The van der Waals surface area contributed by atoms with Gasteiger partial charge in [0, 0.05) is 44.8 Å². The first-order valence-corrected chi connectivity index (χ1v) is 11.3. The Labute approximate surface area is 194 Å². The molecule has 0 bridgehead atoms. The number of hydrogen-bond acceptors (Lipinski definition) is 5. The van der Waals surface area contributed by atoms with Crippen LogP contribution in [0.3, 0.4) is 0 Å². The van der Waals surface area contributed by atoms with Gasteiger partial charge in [-0.3, -0.25) is 19.3 Å². The summed E-state index contributed by atoms with van der Waals surface area (Å²) in [6.45, 7) is 8.49. The number of rotatable bonds is 9. The van der Waals surface area contributed by atoms with E-state index in [1.807, 2.05) is 41.8 Å². The second-order valence-electron chi connectivity index (χ2n) is 7.98. The lowest BCUT2D eigenvalue weighted by molar-refractivity contribution is -0.132. The summed E-state index contributed by atoms with van der Waals surface area (Å²) < 4.78 is 5.79. The summed E-state index contributed by atoms with van der Waals surface area (Å²) in [7, 11) is 0. The van der Waals surface area contributed by atoms with Gasteiger partial charge in [-0.25, -0.2) is 0 Å². The first-order chi connectivity index (χ1) is 15.9. The Morgan fingerprint density at radius 2 is 1.67 bits per heavy atom. The van der Waals surface area contributed by atoms with Gasteiger partial charge in [0.15, 0.2) is 0 Å². The van der Waals surface area contributed by atoms with Crippen molar-refractivity contribution in [2.24, 2.45) is 5.73 Å². The van der Waals surface area contributed by atoms with Crippen molar-refractivity contribution in [3.63, 3.8) is 0 Å². The van der Waals surface area contributed by atoms with Crippen molar-refractivity contribution in [3.05, 3.63) is 65.2 Å². The number of benzene rings is 2. The first-order valence-electron chi connectivity index (χ1n) is 11.3. The number of ether oxygens (including phenoxy) is 1. The fourth-order valence-electron chi connectivity index (χ4n) is 3.91. The molecule has 0 radical (unpaired) electrons. The van der Waals surface area contributed by atoms with Crippen LogP contribution in [0, 0.1) is 0 Å². The van der Waals surface area contributed by atoms with E-state index in [1.165, 1.54) is 0 Å². The second kappa shape index (κ2) is 11.5. The van der Waals surface area contributed by atoms with Gasteiger partial charge in [0.05, 0.1) is 12.1 Å². The van der Waals surface area contributed by atoms with E-state index >= 15 is 0 Å². The minimum absolute atomic E-state index is 0.0379. The molecule has 1 saturated heterocycles. The van der Waals surface area contributed by atoms with Crippen molar-refractivity contribution in [2.75, 3.05) is 45.8 Å². The number of primary amides is 1. The van der Waals surface area contributed by atoms with Gasteiger partial charge < -0.3 is 20.3 Å². The molecule has 8 nitrogen and oxygen atoms in total. The van der Waals surface area contributed by atoms with Crippen molar-refractivity contribution < 1.29 is 19.1 Å². The van der Waals surface area contributed by atoms with Crippen LogP contribution in [0.5, 0.6) is 5.75 Å². The topological polar surface area (TPSA) is 96.2 Å². The number of amides is 3. The molecule has 176 valence electrons. The molecule has 0 aliphatic carbocycles. The van der Waals surface area contributed by atoms with Crippen molar-refractivity contribution in [3.8, 4) is 5.75 Å². The van der Waals surface area contributed by atoms with Crippen LogP contribution in [0.1, 0.15) is 40.1 Å². The molecule has 0 aromatic heterocycles. The van der Waals surface area contributed by atoms with Crippen LogP contribution in [0.25, 0.3) is 0 Å². The Hall–Kier alpha value is -3.39. The fourth-order valence-corrected chi connectivity index (χ4v) is 3.91. The average Bonchev–Trinajstić information content (AvgIpc) is 2.84. The van der Waals surface area contributed by atoms with E-state index in [9.17, 15) is 14.4 Å². The third-order valence-corrected chi connectivity index (χ3v) is 5.86. The van der Waals surface area contributed by atoms with Gasteiger partial charge in [0.25, 0.3) is 11.8 Å². The molecule has 1 fully saturated rings.